The first kappa shape index (κ1) is 18.1. The molecule has 0 unspecified atom stereocenters. The van der Waals surface area contributed by atoms with Gasteiger partial charge in [-0.05, 0) is 61.4 Å². The molecule has 0 saturated heterocycles. The zero-order chi connectivity index (χ0) is 17.6. The molecular weight excluding hydrogens is 324 g/mol. The molecule has 6 heteroatoms. The van der Waals surface area contributed by atoms with E-state index in [4.69, 9.17) is 4.74 Å². The normalized spacial score (nSPS) is 11.3. The van der Waals surface area contributed by atoms with Crippen molar-refractivity contribution in [1.82, 2.24) is 0 Å². The molecule has 0 fully saturated rings. The molecule has 2 aromatic rings. The van der Waals surface area contributed by atoms with Gasteiger partial charge in [0.2, 0.25) is 0 Å². The lowest BCUT2D eigenvalue weighted by Crippen LogP contribution is -2.13. The van der Waals surface area contributed by atoms with Crippen molar-refractivity contribution < 1.29 is 13.2 Å². The molecule has 2 rings (SSSR count). The molecule has 0 aliphatic heterocycles. The SMILES string of the molecule is CCOc1ccc(S(=O)(=O)Nc2ccc(NCC(C)C)cc2)cc1. The van der Waals surface area contributed by atoms with Gasteiger partial charge in [0.15, 0.2) is 0 Å². The van der Waals surface area contributed by atoms with Crippen molar-refractivity contribution >= 4 is 21.4 Å². The minimum atomic E-state index is -3.61. The average Bonchev–Trinajstić information content (AvgIpc) is 2.55. The third kappa shape index (κ3) is 5.16. The summed E-state index contributed by atoms with van der Waals surface area (Å²) in [4.78, 5) is 0.202. The Morgan fingerprint density at radius 2 is 1.54 bits per heavy atom. The van der Waals surface area contributed by atoms with Gasteiger partial charge >= 0.3 is 0 Å². The van der Waals surface area contributed by atoms with Crippen LogP contribution < -0.4 is 14.8 Å². The van der Waals surface area contributed by atoms with E-state index in [1.165, 1.54) is 12.1 Å². The highest BCUT2D eigenvalue weighted by Crippen LogP contribution is 2.20. The van der Waals surface area contributed by atoms with Gasteiger partial charge in [-0.1, -0.05) is 13.8 Å². The summed E-state index contributed by atoms with van der Waals surface area (Å²) in [6.45, 7) is 7.56. The van der Waals surface area contributed by atoms with Crippen LogP contribution in [0.15, 0.2) is 53.4 Å². The van der Waals surface area contributed by atoms with Crippen LogP contribution in [0, 0.1) is 5.92 Å². The van der Waals surface area contributed by atoms with Crippen LogP contribution in [0.1, 0.15) is 20.8 Å². The van der Waals surface area contributed by atoms with Crippen LogP contribution in [0.5, 0.6) is 5.75 Å². The Labute approximate surface area is 144 Å². The Balaban J connectivity index is 2.05. The maximum atomic E-state index is 12.4. The largest absolute Gasteiger partial charge is 0.494 e. The highest BCUT2D eigenvalue weighted by atomic mass is 32.2. The number of benzene rings is 2. The van der Waals surface area contributed by atoms with Gasteiger partial charge in [0.1, 0.15) is 5.75 Å². The minimum Gasteiger partial charge on any atom is -0.494 e. The summed E-state index contributed by atoms with van der Waals surface area (Å²) in [5.41, 5.74) is 1.49. The maximum Gasteiger partial charge on any atom is 0.261 e. The Kier molecular flexibility index (Phi) is 6.09. The first-order chi connectivity index (χ1) is 11.4. The summed E-state index contributed by atoms with van der Waals surface area (Å²) in [5, 5.41) is 3.29. The standard InChI is InChI=1S/C18H24N2O3S/c1-4-23-17-9-11-18(12-10-17)24(21,22)20-16-7-5-15(6-8-16)19-13-14(2)3/h5-12,14,19-20H,4,13H2,1-3H3. The second-order valence-corrected chi connectivity index (χ2v) is 7.54. The predicted molar refractivity (Wildman–Crippen MR) is 98.2 cm³/mol. The van der Waals surface area contributed by atoms with E-state index < -0.39 is 10.0 Å². The first-order valence-corrected chi connectivity index (χ1v) is 9.48. The molecule has 0 bridgehead atoms. The number of hydrogen-bond donors (Lipinski definition) is 2. The topological polar surface area (TPSA) is 67.4 Å². The Hall–Kier alpha value is -2.21. The van der Waals surface area contributed by atoms with Crippen molar-refractivity contribution in [3.05, 3.63) is 48.5 Å². The van der Waals surface area contributed by atoms with E-state index in [1.54, 1.807) is 24.3 Å². The Morgan fingerprint density at radius 3 is 2.08 bits per heavy atom. The van der Waals surface area contributed by atoms with Gasteiger partial charge in [-0.3, -0.25) is 4.72 Å². The molecule has 2 N–H and O–H groups in total. The predicted octanol–water partition coefficient (Wildman–Crippen LogP) is 3.95. The van der Waals surface area contributed by atoms with Crippen molar-refractivity contribution in [3.63, 3.8) is 0 Å². The second-order valence-electron chi connectivity index (χ2n) is 5.86. The fourth-order valence-electron chi connectivity index (χ4n) is 2.07. The fraction of sp³-hybridized carbons (Fsp3) is 0.333. The van der Waals surface area contributed by atoms with Crippen molar-refractivity contribution in [2.75, 3.05) is 23.2 Å². The molecule has 0 atom stereocenters. The van der Waals surface area contributed by atoms with Crippen molar-refractivity contribution in [2.24, 2.45) is 5.92 Å². The Morgan fingerprint density at radius 1 is 0.958 bits per heavy atom. The summed E-state index contributed by atoms with van der Waals surface area (Å²) in [6.07, 6.45) is 0. The van der Waals surface area contributed by atoms with Crippen molar-refractivity contribution in [1.29, 1.82) is 0 Å². The zero-order valence-corrected chi connectivity index (χ0v) is 15.1. The molecule has 5 nitrogen and oxygen atoms in total. The smallest absolute Gasteiger partial charge is 0.261 e. The monoisotopic (exact) mass is 348 g/mol. The molecule has 0 heterocycles. The summed E-state index contributed by atoms with van der Waals surface area (Å²) >= 11 is 0. The van der Waals surface area contributed by atoms with Crippen LogP contribution in [-0.4, -0.2) is 21.6 Å². The van der Waals surface area contributed by atoms with Crippen LogP contribution in [-0.2, 0) is 10.0 Å². The molecule has 130 valence electrons. The van der Waals surface area contributed by atoms with Gasteiger partial charge in [0.05, 0.1) is 11.5 Å². The van der Waals surface area contributed by atoms with Crippen LogP contribution in [0.25, 0.3) is 0 Å². The lowest BCUT2D eigenvalue weighted by Gasteiger charge is -2.11. The third-order valence-corrected chi connectivity index (χ3v) is 4.69. The van der Waals surface area contributed by atoms with Gasteiger partial charge in [-0.15, -0.1) is 0 Å². The summed E-state index contributed by atoms with van der Waals surface area (Å²) in [7, 11) is -3.61. The summed E-state index contributed by atoms with van der Waals surface area (Å²) < 4.78 is 32.7. The molecule has 2 aromatic carbocycles. The maximum absolute atomic E-state index is 12.4. The van der Waals surface area contributed by atoms with E-state index >= 15 is 0 Å². The lowest BCUT2D eigenvalue weighted by atomic mass is 10.2. The van der Waals surface area contributed by atoms with Crippen molar-refractivity contribution in [2.45, 2.75) is 25.7 Å². The number of ether oxygens (including phenoxy) is 1. The van der Waals surface area contributed by atoms with Crippen LogP contribution in [0.4, 0.5) is 11.4 Å². The van der Waals surface area contributed by atoms with Gasteiger partial charge in [0, 0.05) is 17.9 Å². The highest BCUT2D eigenvalue weighted by Gasteiger charge is 2.14. The molecule has 0 amide bonds. The van der Waals surface area contributed by atoms with E-state index in [-0.39, 0.29) is 4.90 Å². The molecular formula is C18H24N2O3S. The molecule has 0 radical (unpaired) electrons. The molecule has 0 aliphatic carbocycles. The molecule has 0 aromatic heterocycles. The third-order valence-electron chi connectivity index (χ3n) is 3.30. The first-order valence-electron chi connectivity index (χ1n) is 8.00. The number of rotatable bonds is 8. The van der Waals surface area contributed by atoms with E-state index in [0.29, 0.717) is 24.0 Å². The quantitative estimate of drug-likeness (QED) is 0.758. The summed E-state index contributed by atoms with van der Waals surface area (Å²) in [5.74, 6) is 1.19. The Bertz CT molecular complexity index is 739. The highest BCUT2D eigenvalue weighted by molar-refractivity contribution is 7.92. The van der Waals surface area contributed by atoms with Crippen LogP contribution >= 0.6 is 0 Å². The number of nitrogens with one attached hydrogen (secondary N) is 2. The van der Waals surface area contributed by atoms with Crippen molar-refractivity contribution in [3.8, 4) is 5.75 Å². The van der Waals surface area contributed by atoms with Crippen LogP contribution in [0.2, 0.25) is 0 Å². The number of sulfonamides is 1. The minimum absolute atomic E-state index is 0.202. The van der Waals surface area contributed by atoms with Crippen LogP contribution in [0.3, 0.4) is 0 Å². The average molecular weight is 348 g/mol. The van der Waals surface area contributed by atoms with E-state index in [0.717, 1.165) is 12.2 Å². The molecule has 24 heavy (non-hydrogen) atoms. The van der Waals surface area contributed by atoms with E-state index in [1.807, 2.05) is 19.1 Å². The van der Waals surface area contributed by atoms with Gasteiger partial charge < -0.3 is 10.1 Å². The molecule has 0 spiro atoms. The zero-order valence-electron chi connectivity index (χ0n) is 14.2. The lowest BCUT2D eigenvalue weighted by molar-refractivity contribution is 0.340. The fourth-order valence-corrected chi connectivity index (χ4v) is 3.13. The number of anilines is 2. The van der Waals surface area contributed by atoms with E-state index in [9.17, 15) is 8.42 Å². The second kappa shape index (κ2) is 8.06. The van der Waals surface area contributed by atoms with Gasteiger partial charge in [-0.2, -0.15) is 0 Å². The number of hydrogen-bond acceptors (Lipinski definition) is 4. The summed E-state index contributed by atoms with van der Waals surface area (Å²) in [6, 6.07) is 13.6. The van der Waals surface area contributed by atoms with Gasteiger partial charge in [0.25, 0.3) is 10.0 Å². The molecule has 0 saturated carbocycles. The molecule has 0 aliphatic rings. The van der Waals surface area contributed by atoms with Gasteiger partial charge in [-0.25, -0.2) is 8.42 Å². The van der Waals surface area contributed by atoms with E-state index in [2.05, 4.69) is 23.9 Å².